The van der Waals surface area contributed by atoms with Crippen molar-refractivity contribution in [3.05, 3.63) is 64.7 Å². The Kier molecular flexibility index (Phi) is 7.30. The van der Waals surface area contributed by atoms with Crippen molar-refractivity contribution in [2.24, 2.45) is 7.05 Å². The van der Waals surface area contributed by atoms with Crippen molar-refractivity contribution >= 4 is 35.2 Å². The maximum absolute atomic E-state index is 13.5. The average Bonchev–Trinajstić information content (AvgIpc) is 3.46. The number of unbranched alkanes of at least 4 members (excludes halogenated alkanes) is 1. The van der Waals surface area contributed by atoms with Crippen LogP contribution in [0.5, 0.6) is 0 Å². The van der Waals surface area contributed by atoms with E-state index in [1.54, 1.807) is 15.7 Å². The van der Waals surface area contributed by atoms with Crippen LogP contribution in [0.4, 0.5) is 11.8 Å². The number of carbonyl (C=O) groups excluding carboxylic acids is 2. The second kappa shape index (κ2) is 10.4. The van der Waals surface area contributed by atoms with Gasteiger partial charge in [-0.3, -0.25) is 9.36 Å². The number of amides is 1. The van der Waals surface area contributed by atoms with E-state index in [4.69, 9.17) is 16.3 Å². The van der Waals surface area contributed by atoms with E-state index in [0.717, 1.165) is 24.1 Å². The number of fused-ring (bicyclic) bond motifs is 1. The number of imidazole rings is 1. The first-order valence-electron chi connectivity index (χ1n) is 11.7. The lowest BCUT2D eigenvalue weighted by molar-refractivity contribution is 0.0492. The van der Waals surface area contributed by atoms with Crippen LogP contribution in [-0.4, -0.2) is 51.7 Å². The Balaban J connectivity index is 1.81. The van der Waals surface area contributed by atoms with Gasteiger partial charge in [0.25, 0.3) is 5.91 Å². The van der Waals surface area contributed by atoms with Crippen molar-refractivity contribution in [3.8, 4) is 16.9 Å². The number of benzene rings is 1. The van der Waals surface area contributed by atoms with Crippen molar-refractivity contribution in [3.63, 3.8) is 0 Å². The third-order valence-corrected chi connectivity index (χ3v) is 6.27. The number of rotatable bonds is 8. The highest BCUT2D eigenvalue weighted by molar-refractivity contribution is 6.35. The molecule has 4 rings (SSSR count). The molecular formula is C26H29ClN6O3. The maximum atomic E-state index is 13.5. The zero-order valence-corrected chi connectivity index (χ0v) is 21.8. The van der Waals surface area contributed by atoms with Gasteiger partial charge in [0.15, 0.2) is 11.5 Å². The molecule has 1 N–H and O–H groups in total. The summed E-state index contributed by atoms with van der Waals surface area (Å²) < 4.78 is 9.09. The fourth-order valence-electron chi connectivity index (χ4n) is 4.00. The van der Waals surface area contributed by atoms with Gasteiger partial charge in [-0.2, -0.15) is 4.98 Å². The predicted octanol–water partition coefficient (Wildman–Crippen LogP) is 4.95. The number of hydrogen-bond acceptors (Lipinski definition) is 6. The molecule has 0 fully saturated rings. The maximum Gasteiger partial charge on any atom is 0.359 e. The molecule has 0 spiro atoms. The number of ether oxygens (including phenoxy) is 1. The first-order chi connectivity index (χ1) is 17.2. The molecule has 0 atom stereocenters. The Morgan fingerprint density at radius 2 is 1.92 bits per heavy atom. The Morgan fingerprint density at radius 1 is 1.19 bits per heavy atom. The highest BCUT2D eigenvalue weighted by atomic mass is 35.5. The van der Waals surface area contributed by atoms with Gasteiger partial charge in [0.2, 0.25) is 5.95 Å². The van der Waals surface area contributed by atoms with E-state index < -0.39 is 11.9 Å². The number of hydrogen-bond donors (Lipinski definition) is 1. The lowest BCUT2D eigenvalue weighted by Gasteiger charge is -2.16. The molecule has 2 aliphatic heterocycles. The number of halogens is 1. The zero-order chi connectivity index (χ0) is 26.0. The molecule has 0 aliphatic carbocycles. The molecule has 1 aromatic heterocycles. The molecular weight excluding hydrogens is 480 g/mol. The van der Waals surface area contributed by atoms with Crippen LogP contribution in [0.1, 0.15) is 46.3 Å². The second-order valence-electron chi connectivity index (χ2n) is 8.72. The third kappa shape index (κ3) is 4.66. The summed E-state index contributed by atoms with van der Waals surface area (Å²) >= 11 is 6.56. The summed E-state index contributed by atoms with van der Waals surface area (Å²) in [5.41, 5.74) is 3.06. The van der Waals surface area contributed by atoms with Gasteiger partial charge in [-0.15, -0.1) is 0 Å². The number of nitrogens with one attached hydrogen (secondary N) is 1. The van der Waals surface area contributed by atoms with Crippen LogP contribution in [0.3, 0.4) is 0 Å². The number of carbonyl (C=O) groups is 2. The summed E-state index contributed by atoms with van der Waals surface area (Å²) in [6, 6.07) is 9.33. The van der Waals surface area contributed by atoms with E-state index >= 15 is 0 Å². The Hall–Kier alpha value is -3.85. The average molecular weight is 509 g/mol. The number of anilines is 2. The largest absolute Gasteiger partial charge is 0.461 e. The summed E-state index contributed by atoms with van der Waals surface area (Å²) in [6.45, 7) is 4.15. The van der Waals surface area contributed by atoms with Gasteiger partial charge in [-0.1, -0.05) is 43.1 Å². The fourth-order valence-corrected chi connectivity index (χ4v) is 4.23. The van der Waals surface area contributed by atoms with Crippen LogP contribution in [0, 0.1) is 6.92 Å². The molecule has 2 aromatic rings. The second-order valence-corrected chi connectivity index (χ2v) is 9.10. The monoisotopic (exact) mass is 508 g/mol. The number of aryl methyl sites for hydroxylation is 2. The highest BCUT2D eigenvalue weighted by Crippen LogP contribution is 2.36. The number of pyridine rings is 1. The van der Waals surface area contributed by atoms with Gasteiger partial charge in [-0.05, 0) is 31.0 Å². The van der Waals surface area contributed by atoms with Crippen molar-refractivity contribution in [2.75, 3.05) is 30.9 Å². The van der Waals surface area contributed by atoms with Gasteiger partial charge in [0, 0.05) is 33.0 Å². The molecule has 188 valence electrons. The van der Waals surface area contributed by atoms with E-state index in [1.165, 1.54) is 0 Å². The van der Waals surface area contributed by atoms with Crippen LogP contribution in [0.25, 0.3) is 16.9 Å². The van der Waals surface area contributed by atoms with Crippen LogP contribution < -0.4 is 10.2 Å². The van der Waals surface area contributed by atoms with E-state index in [-0.39, 0.29) is 23.8 Å². The number of esters is 1. The molecule has 0 radical (unpaired) electrons. The predicted molar refractivity (Wildman–Crippen MR) is 141 cm³/mol. The summed E-state index contributed by atoms with van der Waals surface area (Å²) in [4.78, 5) is 37.5. The molecule has 1 amide bonds. The smallest absolute Gasteiger partial charge is 0.359 e. The fraction of sp³-hybridized carbons (Fsp3) is 0.308. The molecule has 9 nitrogen and oxygen atoms in total. The van der Waals surface area contributed by atoms with Gasteiger partial charge < -0.3 is 19.5 Å². The molecule has 0 saturated carbocycles. The Bertz CT molecular complexity index is 1380. The van der Waals surface area contributed by atoms with Gasteiger partial charge in [-0.25, -0.2) is 9.78 Å². The van der Waals surface area contributed by atoms with Crippen LogP contribution in [0.15, 0.2) is 42.7 Å². The zero-order valence-electron chi connectivity index (χ0n) is 21.0. The van der Waals surface area contributed by atoms with Gasteiger partial charge >= 0.3 is 5.97 Å². The minimum atomic E-state index is -0.580. The normalized spacial score (nSPS) is 11.1. The van der Waals surface area contributed by atoms with E-state index in [1.807, 2.05) is 76.1 Å². The molecule has 0 unspecified atom stereocenters. The molecule has 2 aliphatic rings. The van der Waals surface area contributed by atoms with E-state index in [2.05, 4.69) is 15.3 Å². The summed E-state index contributed by atoms with van der Waals surface area (Å²) in [5, 5.41) is 3.25. The van der Waals surface area contributed by atoms with Gasteiger partial charge in [0.1, 0.15) is 5.69 Å². The number of nitrogens with zero attached hydrogens (tertiary/aromatic N) is 5. The Labute approximate surface area is 215 Å². The molecule has 10 heteroatoms. The molecule has 3 heterocycles. The van der Waals surface area contributed by atoms with E-state index in [0.29, 0.717) is 22.2 Å². The number of para-hydroxylation sites is 1. The third-order valence-electron chi connectivity index (χ3n) is 5.79. The van der Waals surface area contributed by atoms with Crippen LogP contribution in [0.2, 0.25) is 5.02 Å². The quantitative estimate of drug-likeness (QED) is 0.267. The van der Waals surface area contributed by atoms with Gasteiger partial charge in [0.05, 0.1) is 29.1 Å². The van der Waals surface area contributed by atoms with Crippen molar-refractivity contribution < 1.29 is 14.3 Å². The Morgan fingerprint density at radius 3 is 2.58 bits per heavy atom. The first-order valence-corrected chi connectivity index (χ1v) is 12.1. The molecule has 36 heavy (non-hydrogen) atoms. The molecule has 1 aromatic carbocycles. The topological polar surface area (TPSA) is 94.3 Å². The SMILES string of the molecule is CCCCOC(=O)c1c(NC(=O)c2ncc3n(C)cc(C)c(Cl)c2-3)nc(N(C)C)n1-c1ccccc1. The van der Waals surface area contributed by atoms with Crippen LogP contribution in [-0.2, 0) is 11.8 Å². The summed E-state index contributed by atoms with van der Waals surface area (Å²) in [6.07, 6.45) is 5.09. The lowest BCUT2D eigenvalue weighted by atomic mass is 10.1. The van der Waals surface area contributed by atoms with Crippen LogP contribution >= 0.6 is 11.6 Å². The summed E-state index contributed by atoms with van der Waals surface area (Å²) in [7, 11) is 5.49. The first kappa shape index (κ1) is 25.2. The van der Waals surface area contributed by atoms with Crippen molar-refractivity contribution in [1.29, 1.82) is 0 Å². The minimum absolute atomic E-state index is 0.0818. The molecule has 0 saturated heterocycles. The van der Waals surface area contributed by atoms with Crippen molar-refractivity contribution in [2.45, 2.75) is 26.7 Å². The number of aromatic nitrogens is 4. The minimum Gasteiger partial charge on any atom is -0.461 e. The van der Waals surface area contributed by atoms with E-state index in [9.17, 15) is 9.59 Å². The standard InChI is InChI=1S/C26H29ClN6O3/c1-6-7-13-36-25(35)22-23(30-26(31(3)4)33(22)17-11-9-8-10-12-17)29-24(34)21-19-18(14-28-21)32(5)15-16(2)20(19)27/h8-12,14-15H,6-7,13H2,1-5H3,(H,29,34). The highest BCUT2D eigenvalue weighted by Gasteiger charge is 2.30. The molecule has 0 bridgehead atoms. The summed E-state index contributed by atoms with van der Waals surface area (Å²) in [5.74, 6) is -0.565. The lowest BCUT2D eigenvalue weighted by Crippen LogP contribution is -2.20. The van der Waals surface area contributed by atoms with Crippen molar-refractivity contribution in [1.82, 2.24) is 19.1 Å².